The summed E-state index contributed by atoms with van der Waals surface area (Å²) in [5.41, 5.74) is 0.999. The first-order valence-corrected chi connectivity index (χ1v) is 9.89. The number of fused-ring (bicyclic) bond motifs is 1. The summed E-state index contributed by atoms with van der Waals surface area (Å²) in [6.07, 6.45) is 9.94. The number of anilines is 1. The summed E-state index contributed by atoms with van der Waals surface area (Å²) in [6.45, 7) is 3.79. The van der Waals surface area contributed by atoms with E-state index in [0.717, 1.165) is 54.6 Å². The van der Waals surface area contributed by atoms with E-state index in [2.05, 4.69) is 20.3 Å². The van der Waals surface area contributed by atoms with Gasteiger partial charge < -0.3 is 10.2 Å². The Morgan fingerprint density at radius 3 is 2.67 bits per heavy atom. The summed E-state index contributed by atoms with van der Waals surface area (Å²) in [5.74, 6) is 0.431. The predicted molar refractivity (Wildman–Crippen MR) is 95.6 cm³/mol. The summed E-state index contributed by atoms with van der Waals surface area (Å²) < 4.78 is 1.86. The highest BCUT2D eigenvalue weighted by molar-refractivity contribution is 7.20. The Balaban J connectivity index is 1.32. The summed E-state index contributed by atoms with van der Waals surface area (Å²) in [7, 11) is 0. The molecule has 0 aromatic carbocycles. The van der Waals surface area contributed by atoms with Crippen LogP contribution in [0.3, 0.4) is 0 Å². The van der Waals surface area contributed by atoms with Crippen molar-refractivity contribution in [1.82, 2.24) is 19.9 Å². The lowest BCUT2D eigenvalue weighted by molar-refractivity contribution is -0.126. The number of hydrogen-bond acceptors (Lipinski definition) is 5. The summed E-state index contributed by atoms with van der Waals surface area (Å²) in [5, 5.41) is 8.92. The monoisotopic (exact) mass is 347 g/mol. The van der Waals surface area contributed by atoms with Crippen LogP contribution in [0, 0.1) is 12.8 Å². The molecule has 2 aromatic rings. The molecule has 2 aliphatic rings. The minimum absolute atomic E-state index is 0.162. The minimum atomic E-state index is 0.162. The van der Waals surface area contributed by atoms with Crippen LogP contribution in [-0.4, -0.2) is 39.6 Å². The number of piperidine rings is 1. The zero-order valence-corrected chi connectivity index (χ0v) is 15.0. The van der Waals surface area contributed by atoms with Gasteiger partial charge >= 0.3 is 0 Å². The van der Waals surface area contributed by atoms with Gasteiger partial charge in [0.25, 0.3) is 0 Å². The molecule has 2 aromatic heterocycles. The van der Waals surface area contributed by atoms with Crippen molar-refractivity contribution in [3.8, 4) is 0 Å². The molecular formula is C17H25N5OS. The number of aromatic nitrogens is 3. The Kier molecular flexibility index (Phi) is 4.43. The molecule has 0 bridgehead atoms. The van der Waals surface area contributed by atoms with E-state index in [-0.39, 0.29) is 11.8 Å². The molecule has 7 heteroatoms. The first-order chi connectivity index (χ1) is 11.7. The van der Waals surface area contributed by atoms with Crippen molar-refractivity contribution in [3.63, 3.8) is 0 Å². The molecule has 6 nitrogen and oxygen atoms in total. The fourth-order valence-corrected chi connectivity index (χ4v) is 4.81. The highest BCUT2D eigenvalue weighted by Crippen LogP contribution is 2.28. The summed E-state index contributed by atoms with van der Waals surface area (Å²) in [6, 6.07) is 0.416. The lowest BCUT2D eigenvalue weighted by atomic mass is 9.92. The zero-order chi connectivity index (χ0) is 16.5. The Bertz CT molecular complexity index is 678. The molecule has 1 N–H and O–H groups in total. The van der Waals surface area contributed by atoms with Crippen molar-refractivity contribution in [2.45, 2.75) is 57.9 Å². The van der Waals surface area contributed by atoms with Crippen LogP contribution >= 0.6 is 11.3 Å². The van der Waals surface area contributed by atoms with E-state index in [1.165, 1.54) is 19.3 Å². The van der Waals surface area contributed by atoms with Crippen LogP contribution in [-0.2, 0) is 4.79 Å². The molecular weight excluding hydrogens is 322 g/mol. The van der Waals surface area contributed by atoms with E-state index < -0.39 is 0 Å². The number of carbonyl (C=O) groups is 1. The third-order valence-corrected chi connectivity index (χ3v) is 6.22. The highest BCUT2D eigenvalue weighted by Gasteiger charge is 2.28. The number of nitrogens with zero attached hydrogens (tertiary/aromatic N) is 4. The molecule has 1 aliphatic heterocycles. The second-order valence-corrected chi connectivity index (χ2v) is 8.03. The molecule has 1 amide bonds. The van der Waals surface area contributed by atoms with Crippen molar-refractivity contribution in [3.05, 3.63) is 11.9 Å². The molecule has 0 unspecified atom stereocenters. The molecule has 1 aliphatic carbocycles. The third-order valence-electron chi connectivity index (χ3n) is 5.24. The van der Waals surface area contributed by atoms with Crippen LogP contribution in [0.2, 0.25) is 0 Å². The molecule has 0 atom stereocenters. The van der Waals surface area contributed by atoms with E-state index in [1.54, 1.807) is 11.3 Å². The van der Waals surface area contributed by atoms with Crippen LogP contribution in [0.1, 0.15) is 50.6 Å². The van der Waals surface area contributed by atoms with Crippen LogP contribution in [0.15, 0.2) is 6.20 Å². The van der Waals surface area contributed by atoms with Crippen LogP contribution in [0.25, 0.3) is 4.96 Å². The topological polar surface area (TPSA) is 62.5 Å². The summed E-state index contributed by atoms with van der Waals surface area (Å²) >= 11 is 1.63. The lowest BCUT2D eigenvalue weighted by Crippen LogP contribution is -2.44. The van der Waals surface area contributed by atoms with Gasteiger partial charge in [-0.1, -0.05) is 30.6 Å². The SMILES string of the molecule is Cc1cn2nc(N3CCC(C(=O)NC4CCCCC4)CC3)sc2n1. The fraction of sp³-hybridized carbons (Fsp3) is 0.706. The number of carbonyl (C=O) groups excluding carboxylic acids is 1. The molecule has 4 rings (SSSR count). The smallest absolute Gasteiger partial charge is 0.223 e. The average molecular weight is 347 g/mol. The molecule has 1 saturated heterocycles. The normalized spacial score (nSPS) is 20.6. The number of nitrogens with one attached hydrogen (secondary N) is 1. The quantitative estimate of drug-likeness (QED) is 0.927. The maximum atomic E-state index is 12.5. The molecule has 130 valence electrons. The van der Waals surface area contributed by atoms with Gasteiger partial charge in [0.2, 0.25) is 16.0 Å². The zero-order valence-electron chi connectivity index (χ0n) is 14.2. The van der Waals surface area contributed by atoms with Gasteiger partial charge in [0.15, 0.2) is 0 Å². The Morgan fingerprint density at radius 1 is 1.21 bits per heavy atom. The van der Waals surface area contributed by atoms with Gasteiger partial charge in [0.1, 0.15) is 0 Å². The van der Waals surface area contributed by atoms with Gasteiger partial charge in [-0.3, -0.25) is 4.79 Å². The molecule has 24 heavy (non-hydrogen) atoms. The first kappa shape index (κ1) is 15.9. The Morgan fingerprint density at radius 2 is 1.96 bits per heavy atom. The van der Waals surface area contributed by atoms with Crippen molar-refractivity contribution in [1.29, 1.82) is 0 Å². The average Bonchev–Trinajstić information content (AvgIpc) is 3.13. The van der Waals surface area contributed by atoms with E-state index in [9.17, 15) is 4.79 Å². The summed E-state index contributed by atoms with van der Waals surface area (Å²) in [4.78, 5) is 20.2. The van der Waals surface area contributed by atoms with E-state index in [4.69, 9.17) is 0 Å². The van der Waals surface area contributed by atoms with Gasteiger partial charge in [0.05, 0.1) is 11.9 Å². The highest BCUT2D eigenvalue weighted by atomic mass is 32.1. The van der Waals surface area contributed by atoms with Crippen LogP contribution in [0.5, 0.6) is 0 Å². The standard InChI is InChI=1S/C17H25N5OS/c1-12-11-22-16(18-12)24-17(20-22)21-9-7-13(8-10-21)15(23)19-14-5-3-2-4-6-14/h11,13-14H,2-10H2,1H3,(H,19,23). The van der Waals surface area contributed by atoms with Gasteiger partial charge in [-0.2, -0.15) is 0 Å². The largest absolute Gasteiger partial charge is 0.353 e. The Hall–Kier alpha value is -1.63. The minimum Gasteiger partial charge on any atom is -0.353 e. The second kappa shape index (κ2) is 6.70. The molecule has 2 fully saturated rings. The Labute approximate surface area is 146 Å². The molecule has 0 spiro atoms. The van der Waals surface area contributed by atoms with Crippen molar-refractivity contribution in [2.75, 3.05) is 18.0 Å². The van der Waals surface area contributed by atoms with Gasteiger partial charge in [-0.15, -0.1) is 5.10 Å². The predicted octanol–water partition coefficient (Wildman–Crippen LogP) is 2.76. The van der Waals surface area contributed by atoms with E-state index >= 15 is 0 Å². The number of hydrogen-bond donors (Lipinski definition) is 1. The van der Waals surface area contributed by atoms with E-state index in [0.29, 0.717) is 6.04 Å². The van der Waals surface area contributed by atoms with Crippen molar-refractivity contribution in [2.24, 2.45) is 5.92 Å². The maximum absolute atomic E-state index is 12.5. The number of aryl methyl sites for hydroxylation is 1. The van der Waals surface area contributed by atoms with Crippen molar-refractivity contribution < 1.29 is 4.79 Å². The lowest BCUT2D eigenvalue weighted by Gasteiger charge is -2.32. The van der Waals surface area contributed by atoms with Gasteiger partial charge in [0, 0.05) is 25.0 Å². The number of imidazole rings is 1. The van der Waals surface area contributed by atoms with Crippen molar-refractivity contribution >= 4 is 27.3 Å². The molecule has 3 heterocycles. The molecule has 1 saturated carbocycles. The third kappa shape index (κ3) is 3.27. The van der Waals surface area contributed by atoms with E-state index in [1.807, 2.05) is 17.6 Å². The maximum Gasteiger partial charge on any atom is 0.223 e. The van der Waals surface area contributed by atoms with Gasteiger partial charge in [-0.05, 0) is 32.6 Å². The number of amides is 1. The second-order valence-electron chi connectivity index (χ2n) is 7.10. The van der Waals surface area contributed by atoms with Crippen LogP contribution in [0.4, 0.5) is 5.13 Å². The number of rotatable bonds is 3. The van der Waals surface area contributed by atoms with Crippen LogP contribution < -0.4 is 10.2 Å². The fourth-order valence-electron chi connectivity index (χ4n) is 3.83. The van der Waals surface area contributed by atoms with Gasteiger partial charge in [-0.25, -0.2) is 9.50 Å². The first-order valence-electron chi connectivity index (χ1n) is 9.07. The molecule has 0 radical (unpaired) electrons.